The lowest BCUT2D eigenvalue weighted by Crippen LogP contribution is -1.97. The number of unbranched alkanes of at least 4 members (excludes halogenated alkanes) is 1. The molecule has 0 radical (unpaired) electrons. The first kappa shape index (κ1) is 9.86. The zero-order valence-corrected chi connectivity index (χ0v) is 7.39. The summed E-state index contributed by atoms with van der Waals surface area (Å²) in [6.07, 6.45) is 5.54. The second-order valence-electron chi connectivity index (χ2n) is 2.90. The van der Waals surface area contributed by atoms with Crippen molar-refractivity contribution in [1.82, 2.24) is 4.98 Å². The average molecular weight is 179 g/mol. The van der Waals surface area contributed by atoms with E-state index in [1.54, 1.807) is 18.5 Å². The number of aldehydes is 1. The van der Waals surface area contributed by atoms with Gasteiger partial charge in [0, 0.05) is 18.8 Å². The Kier molecular flexibility index (Phi) is 4.12. The standard InChI is InChI=1S/C10H13NO2/c12-7-2-1-5-10(13)9-4-3-6-11-8-9/h3-4,6-8,10,13H,1-2,5H2. The normalized spacial score (nSPS) is 12.4. The van der Waals surface area contributed by atoms with Crippen molar-refractivity contribution < 1.29 is 9.90 Å². The van der Waals surface area contributed by atoms with Gasteiger partial charge in [-0.3, -0.25) is 4.98 Å². The van der Waals surface area contributed by atoms with E-state index in [1.165, 1.54) is 0 Å². The van der Waals surface area contributed by atoms with E-state index in [0.717, 1.165) is 18.3 Å². The van der Waals surface area contributed by atoms with Crippen LogP contribution in [0.3, 0.4) is 0 Å². The Morgan fingerprint density at radius 1 is 1.62 bits per heavy atom. The summed E-state index contributed by atoms with van der Waals surface area (Å²) in [5.41, 5.74) is 0.813. The molecule has 1 aromatic rings. The van der Waals surface area contributed by atoms with Crippen LogP contribution in [0.1, 0.15) is 30.9 Å². The SMILES string of the molecule is O=CCCCC(O)c1cccnc1. The Bertz CT molecular complexity index is 248. The van der Waals surface area contributed by atoms with E-state index in [4.69, 9.17) is 0 Å². The molecule has 1 atom stereocenters. The molecule has 0 aromatic carbocycles. The number of aliphatic hydroxyl groups is 1. The fraction of sp³-hybridized carbons (Fsp3) is 0.400. The molecule has 1 aromatic heterocycles. The Morgan fingerprint density at radius 3 is 3.08 bits per heavy atom. The first-order chi connectivity index (χ1) is 6.34. The molecule has 0 amide bonds. The minimum Gasteiger partial charge on any atom is -0.388 e. The predicted molar refractivity (Wildman–Crippen MR) is 49.1 cm³/mol. The minimum atomic E-state index is -0.492. The number of pyridine rings is 1. The van der Waals surface area contributed by atoms with Crippen molar-refractivity contribution in [3.05, 3.63) is 30.1 Å². The number of carbonyl (C=O) groups excluding carboxylic acids is 1. The Morgan fingerprint density at radius 2 is 2.46 bits per heavy atom. The van der Waals surface area contributed by atoms with Crippen LogP contribution in [0.5, 0.6) is 0 Å². The summed E-state index contributed by atoms with van der Waals surface area (Å²) in [6.45, 7) is 0. The van der Waals surface area contributed by atoms with Crippen molar-refractivity contribution in [3.8, 4) is 0 Å². The van der Waals surface area contributed by atoms with Crippen LogP contribution >= 0.6 is 0 Å². The van der Waals surface area contributed by atoms with Gasteiger partial charge in [-0.2, -0.15) is 0 Å². The molecule has 0 fully saturated rings. The zero-order chi connectivity index (χ0) is 9.52. The molecule has 0 aliphatic heterocycles. The summed E-state index contributed by atoms with van der Waals surface area (Å²) in [5.74, 6) is 0. The number of aliphatic hydroxyl groups excluding tert-OH is 1. The minimum absolute atomic E-state index is 0.492. The van der Waals surface area contributed by atoms with Crippen molar-refractivity contribution in [2.45, 2.75) is 25.4 Å². The van der Waals surface area contributed by atoms with E-state index in [1.807, 2.05) is 6.07 Å². The topological polar surface area (TPSA) is 50.2 Å². The second kappa shape index (κ2) is 5.43. The summed E-state index contributed by atoms with van der Waals surface area (Å²) in [4.78, 5) is 13.9. The van der Waals surface area contributed by atoms with Crippen LogP contribution in [-0.2, 0) is 4.79 Å². The van der Waals surface area contributed by atoms with Crippen LogP contribution in [0, 0.1) is 0 Å². The number of rotatable bonds is 5. The Balaban J connectivity index is 2.39. The third kappa shape index (κ3) is 3.34. The summed E-state index contributed by atoms with van der Waals surface area (Å²) in [5, 5.41) is 9.59. The molecule has 1 N–H and O–H groups in total. The van der Waals surface area contributed by atoms with Gasteiger partial charge in [0.15, 0.2) is 0 Å². The first-order valence-electron chi connectivity index (χ1n) is 4.36. The van der Waals surface area contributed by atoms with Gasteiger partial charge in [0.2, 0.25) is 0 Å². The van der Waals surface area contributed by atoms with Gasteiger partial charge >= 0.3 is 0 Å². The van der Waals surface area contributed by atoms with E-state index < -0.39 is 6.10 Å². The Hall–Kier alpha value is -1.22. The van der Waals surface area contributed by atoms with Gasteiger partial charge in [-0.05, 0) is 24.5 Å². The van der Waals surface area contributed by atoms with Gasteiger partial charge in [0.25, 0.3) is 0 Å². The summed E-state index contributed by atoms with van der Waals surface area (Å²) >= 11 is 0. The van der Waals surface area contributed by atoms with Crippen LogP contribution in [0.15, 0.2) is 24.5 Å². The Labute approximate surface area is 77.4 Å². The smallest absolute Gasteiger partial charge is 0.119 e. The van der Waals surface area contributed by atoms with E-state index in [-0.39, 0.29) is 0 Å². The maximum Gasteiger partial charge on any atom is 0.119 e. The predicted octanol–water partition coefficient (Wildman–Crippen LogP) is 1.48. The lowest BCUT2D eigenvalue weighted by molar-refractivity contribution is -0.108. The zero-order valence-electron chi connectivity index (χ0n) is 7.39. The second-order valence-corrected chi connectivity index (χ2v) is 2.90. The number of aromatic nitrogens is 1. The van der Waals surface area contributed by atoms with Crippen molar-refractivity contribution in [2.24, 2.45) is 0 Å². The third-order valence-corrected chi connectivity index (χ3v) is 1.87. The van der Waals surface area contributed by atoms with Gasteiger partial charge in [-0.15, -0.1) is 0 Å². The molecular formula is C10H13NO2. The van der Waals surface area contributed by atoms with Crippen LogP contribution in [0.25, 0.3) is 0 Å². The van der Waals surface area contributed by atoms with Crippen LogP contribution in [0.4, 0.5) is 0 Å². The van der Waals surface area contributed by atoms with Crippen LogP contribution in [-0.4, -0.2) is 16.4 Å². The molecule has 0 spiro atoms. The monoisotopic (exact) mass is 179 g/mol. The van der Waals surface area contributed by atoms with Crippen LogP contribution in [0.2, 0.25) is 0 Å². The van der Waals surface area contributed by atoms with E-state index in [2.05, 4.69) is 4.98 Å². The molecule has 1 heterocycles. The summed E-state index contributed by atoms with van der Waals surface area (Å²) in [6, 6.07) is 3.62. The van der Waals surface area contributed by atoms with Crippen LogP contribution < -0.4 is 0 Å². The molecular weight excluding hydrogens is 166 g/mol. The van der Waals surface area contributed by atoms with Gasteiger partial charge in [-0.1, -0.05) is 6.07 Å². The number of hydrogen-bond acceptors (Lipinski definition) is 3. The summed E-state index contributed by atoms with van der Waals surface area (Å²) in [7, 11) is 0. The highest BCUT2D eigenvalue weighted by Crippen LogP contribution is 2.16. The van der Waals surface area contributed by atoms with E-state index >= 15 is 0 Å². The largest absolute Gasteiger partial charge is 0.388 e. The van der Waals surface area contributed by atoms with Gasteiger partial charge in [0.1, 0.15) is 6.29 Å². The molecule has 0 aliphatic rings. The molecule has 0 saturated heterocycles. The molecule has 1 rings (SSSR count). The fourth-order valence-corrected chi connectivity index (χ4v) is 1.13. The highest BCUT2D eigenvalue weighted by Gasteiger charge is 2.05. The highest BCUT2D eigenvalue weighted by molar-refractivity contribution is 5.48. The molecule has 0 bridgehead atoms. The number of hydrogen-bond donors (Lipinski definition) is 1. The van der Waals surface area contributed by atoms with Gasteiger partial charge < -0.3 is 9.90 Å². The first-order valence-corrected chi connectivity index (χ1v) is 4.36. The highest BCUT2D eigenvalue weighted by atomic mass is 16.3. The van der Waals surface area contributed by atoms with Crippen molar-refractivity contribution in [1.29, 1.82) is 0 Å². The molecule has 3 nitrogen and oxygen atoms in total. The quantitative estimate of drug-likeness (QED) is 0.550. The molecule has 1 unspecified atom stereocenters. The molecule has 3 heteroatoms. The van der Waals surface area contributed by atoms with E-state index in [9.17, 15) is 9.90 Å². The van der Waals surface area contributed by atoms with Crippen molar-refractivity contribution >= 4 is 6.29 Å². The molecule has 13 heavy (non-hydrogen) atoms. The lowest BCUT2D eigenvalue weighted by Gasteiger charge is -2.08. The fourth-order valence-electron chi connectivity index (χ4n) is 1.13. The van der Waals surface area contributed by atoms with E-state index in [0.29, 0.717) is 12.8 Å². The third-order valence-electron chi connectivity index (χ3n) is 1.87. The molecule has 0 saturated carbocycles. The van der Waals surface area contributed by atoms with Crippen molar-refractivity contribution in [2.75, 3.05) is 0 Å². The number of carbonyl (C=O) groups is 1. The van der Waals surface area contributed by atoms with Gasteiger partial charge in [0.05, 0.1) is 6.10 Å². The average Bonchev–Trinajstić information content (AvgIpc) is 2.19. The lowest BCUT2D eigenvalue weighted by atomic mass is 10.1. The summed E-state index contributed by atoms with van der Waals surface area (Å²) < 4.78 is 0. The van der Waals surface area contributed by atoms with Gasteiger partial charge in [-0.25, -0.2) is 0 Å². The molecule has 0 aliphatic carbocycles. The maximum absolute atomic E-state index is 10.0. The maximum atomic E-state index is 10.0. The molecule has 70 valence electrons. The number of nitrogens with zero attached hydrogens (tertiary/aromatic N) is 1. The van der Waals surface area contributed by atoms with Crippen molar-refractivity contribution in [3.63, 3.8) is 0 Å².